The van der Waals surface area contributed by atoms with Crippen LogP contribution in [0.5, 0.6) is 11.5 Å². The highest BCUT2D eigenvalue weighted by atomic mass is 35.5. The zero-order chi connectivity index (χ0) is 27.2. The number of anilines is 2. The fraction of sp³-hybridized carbons (Fsp3) is 0.207. The standard InChI is InChI=1S/C29H27ClN4O5/c30-25-26(32-21-8-6-20(7-9-21)27(35)31-14-15-33-16-18-38-19-17-33)29(37)34(28(25)36)22-10-12-24(13-11-22)39-23-4-2-1-3-5-23/h1-13,32H,14-19H2,(H,31,35)/p+1. The molecule has 200 valence electrons. The fourth-order valence-electron chi connectivity index (χ4n) is 4.35. The molecule has 3 N–H and O–H groups in total. The van der Waals surface area contributed by atoms with Gasteiger partial charge in [-0.05, 0) is 60.7 Å². The van der Waals surface area contributed by atoms with Gasteiger partial charge >= 0.3 is 0 Å². The normalized spacial score (nSPS) is 16.0. The lowest BCUT2D eigenvalue weighted by Gasteiger charge is -2.23. The minimum Gasteiger partial charge on any atom is -0.457 e. The van der Waals surface area contributed by atoms with E-state index in [1.807, 2.05) is 30.3 Å². The number of carbonyl (C=O) groups excluding carboxylic acids is 3. The summed E-state index contributed by atoms with van der Waals surface area (Å²) in [6.07, 6.45) is 0. The predicted octanol–water partition coefficient (Wildman–Crippen LogP) is 2.56. The number of ether oxygens (including phenoxy) is 2. The molecule has 0 bridgehead atoms. The highest BCUT2D eigenvalue weighted by Crippen LogP contribution is 2.32. The van der Waals surface area contributed by atoms with Crippen LogP contribution < -0.4 is 25.2 Å². The van der Waals surface area contributed by atoms with Crippen LogP contribution in [0.15, 0.2) is 89.6 Å². The Hall–Kier alpha value is -4.18. The van der Waals surface area contributed by atoms with Crippen LogP contribution in [0.4, 0.5) is 11.4 Å². The third-order valence-corrected chi connectivity index (χ3v) is 6.83. The number of benzene rings is 3. The van der Waals surface area contributed by atoms with E-state index >= 15 is 0 Å². The molecule has 0 radical (unpaired) electrons. The molecule has 0 aromatic heterocycles. The van der Waals surface area contributed by atoms with Crippen molar-refractivity contribution in [2.24, 2.45) is 0 Å². The summed E-state index contributed by atoms with van der Waals surface area (Å²) >= 11 is 6.27. The Morgan fingerprint density at radius 1 is 0.897 bits per heavy atom. The smallest absolute Gasteiger partial charge is 0.283 e. The van der Waals surface area contributed by atoms with Gasteiger partial charge in [0, 0.05) is 11.3 Å². The number of morpholine rings is 1. The van der Waals surface area contributed by atoms with Crippen molar-refractivity contribution in [1.29, 1.82) is 0 Å². The molecular weight excluding hydrogens is 520 g/mol. The van der Waals surface area contributed by atoms with Crippen LogP contribution in [0.3, 0.4) is 0 Å². The summed E-state index contributed by atoms with van der Waals surface area (Å²) in [5, 5.41) is 5.65. The largest absolute Gasteiger partial charge is 0.457 e. The number of amides is 3. The van der Waals surface area contributed by atoms with E-state index < -0.39 is 11.8 Å². The van der Waals surface area contributed by atoms with Gasteiger partial charge in [-0.15, -0.1) is 0 Å². The number of imide groups is 1. The van der Waals surface area contributed by atoms with Gasteiger partial charge in [-0.3, -0.25) is 14.4 Å². The molecule has 0 spiro atoms. The summed E-state index contributed by atoms with van der Waals surface area (Å²) in [4.78, 5) is 40.9. The molecule has 1 saturated heterocycles. The van der Waals surface area contributed by atoms with Gasteiger partial charge < -0.3 is 25.0 Å². The van der Waals surface area contributed by atoms with E-state index in [-0.39, 0.29) is 16.6 Å². The van der Waals surface area contributed by atoms with Gasteiger partial charge in [0.15, 0.2) is 0 Å². The average Bonchev–Trinajstić information content (AvgIpc) is 3.18. The second-order valence-corrected chi connectivity index (χ2v) is 9.49. The lowest BCUT2D eigenvalue weighted by molar-refractivity contribution is -0.906. The molecule has 2 heterocycles. The molecule has 0 atom stereocenters. The van der Waals surface area contributed by atoms with E-state index in [1.54, 1.807) is 48.5 Å². The lowest BCUT2D eigenvalue weighted by atomic mass is 10.2. The summed E-state index contributed by atoms with van der Waals surface area (Å²) in [6, 6.07) is 22.5. The Labute approximate surface area is 230 Å². The number of rotatable bonds is 9. The van der Waals surface area contributed by atoms with Crippen LogP contribution in [0, 0.1) is 0 Å². The highest BCUT2D eigenvalue weighted by Gasteiger charge is 2.39. The molecule has 0 unspecified atom stereocenters. The number of quaternary nitrogens is 1. The Balaban J connectivity index is 1.18. The zero-order valence-electron chi connectivity index (χ0n) is 21.1. The van der Waals surface area contributed by atoms with Crippen LogP contribution in [0.2, 0.25) is 0 Å². The Kier molecular flexibility index (Phi) is 8.21. The van der Waals surface area contributed by atoms with Crippen LogP contribution in [-0.4, -0.2) is 57.1 Å². The highest BCUT2D eigenvalue weighted by molar-refractivity contribution is 6.53. The molecule has 2 aliphatic rings. The first-order chi connectivity index (χ1) is 19.0. The molecule has 3 aromatic carbocycles. The number of halogens is 1. The van der Waals surface area contributed by atoms with Crippen molar-refractivity contribution in [3.8, 4) is 11.5 Å². The molecule has 9 nitrogen and oxygen atoms in total. The van der Waals surface area contributed by atoms with Gasteiger partial charge in [0.25, 0.3) is 17.7 Å². The first kappa shape index (κ1) is 26.4. The number of nitrogens with zero attached hydrogens (tertiary/aromatic N) is 1. The fourth-order valence-corrected chi connectivity index (χ4v) is 4.56. The SMILES string of the molecule is O=C(NCC[NH+]1CCOCC1)c1ccc(NC2=C(Cl)C(=O)N(c3ccc(Oc4ccccc4)cc3)C2=O)cc1. The lowest BCUT2D eigenvalue weighted by Crippen LogP contribution is -3.14. The Morgan fingerprint density at radius 2 is 1.56 bits per heavy atom. The van der Waals surface area contributed by atoms with Gasteiger partial charge in [-0.25, -0.2) is 4.90 Å². The number of hydrogen-bond donors (Lipinski definition) is 3. The van der Waals surface area contributed by atoms with Gasteiger partial charge in [-0.2, -0.15) is 0 Å². The summed E-state index contributed by atoms with van der Waals surface area (Å²) < 4.78 is 11.1. The second-order valence-electron chi connectivity index (χ2n) is 9.11. The minimum atomic E-state index is -0.626. The third kappa shape index (κ3) is 6.28. The van der Waals surface area contributed by atoms with E-state index in [4.69, 9.17) is 21.1 Å². The predicted molar refractivity (Wildman–Crippen MR) is 147 cm³/mol. The summed E-state index contributed by atoms with van der Waals surface area (Å²) in [7, 11) is 0. The zero-order valence-corrected chi connectivity index (χ0v) is 21.9. The van der Waals surface area contributed by atoms with E-state index in [1.165, 1.54) is 4.90 Å². The van der Waals surface area contributed by atoms with Crippen LogP contribution in [0.1, 0.15) is 10.4 Å². The maximum Gasteiger partial charge on any atom is 0.283 e. The molecule has 3 amide bonds. The van der Waals surface area contributed by atoms with Gasteiger partial charge in [-0.1, -0.05) is 29.8 Å². The van der Waals surface area contributed by atoms with Gasteiger partial charge in [0.05, 0.1) is 32.0 Å². The molecule has 10 heteroatoms. The van der Waals surface area contributed by atoms with Crippen LogP contribution >= 0.6 is 11.6 Å². The Morgan fingerprint density at radius 3 is 2.26 bits per heavy atom. The van der Waals surface area contributed by atoms with E-state index in [9.17, 15) is 14.4 Å². The van der Waals surface area contributed by atoms with Crippen molar-refractivity contribution < 1.29 is 28.8 Å². The molecule has 39 heavy (non-hydrogen) atoms. The number of para-hydroxylation sites is 1. The summed E-state index contributed by atoms with van der Waals surface area (Å²) in [5.74, 6) is -0.141. The summed E-state index contributed by atoms with van der Waals surface area (Å²) in [6.45, 7) is 4.81. The maximum absolute atomic E-state index is 13.1. The average molecular weight is 548 g/mol. The van der Waals surface area contributed by atoms with Crippen molar-refractivity contribution >= 4 is 40.7 Å². The van der Waals surface area contributed by atoms with E-state index in [0.29, 0.717) is 35.0 Å². The monoisotopic (exact) mass is 547 g/mol. The quantitative estimate of drug-likeness (QED) is 0.356. The molecule has 2 aliphatic heterocycles. The third-order valence-electron chi connectivity index (χ3n) is 6.48. The number of hydrogen-bond acceptors (Lipinski definition) is 6. The first-order valence-electron chi connectivity index (χ1n) is 12.7. The number of nitrogens with one attached hydrogen (secondary N) is 3. The maximum atomic E-state index is 13.1. The van der Waals surface area contributed by atoms with Crippen LogP contribution in [0.25, 0.3) is 0 Å². The van der Waals surface area contributed by atoms with Gasteiger partial charge in [0.1, 0.15) is 35.3 Å². The Bertz CT molecular complexity index is 1370. The minimum absolute atomic E-state index is 0.0306. The molecule has 0 saturated carbocycles. The molecule has 0 aliphatic carbocycles. The first-order valence-corrected chi connectivity index (χ1v) is 13.1. The van der Waals surface area contributed by atoms with Crippen molar-refractivity contribution in [2.45, 2.75) is 0 Å². The molecule has 3 aromatic rings. The van der Waals surface area contributed by atoms with Crippen molar-refractivity contribution in [3.63, 3.8) is 0 Å². The second kappa shape index (κ2) is 12.1. The number of carbonyl (C=O) groups is 3. The van der Waals surface area contributed by atoms with E-state index in [0.717, 1.165) is 37.7 Å². The van der Waals surface area contributed by atoms with E-state index in [2.05, 4.69) is 10.6 Å². The molecule has 1 fully saturated rings. The molecule has 5 rings (SSSR count). The van der Waals surface area contributed by atoms with Gasteiger partial charge in [0.2, 0.25) is 0 Å². The summed E-state index contributed by atoms with van der Waals surface area (Å²) in [5.41, 5.74) is 1.35. The van der Waals surface area contributed by atoms with Crippen LogP contribution in [-0.2, 0) is 14.3 Å². The molecular formula is C29H28ClN4O5+. The van der Waals surface area contributed by atoms with Crippen molar-refractivity contribution in [3.05, 3.63) is 95.2 Å². The van der Waals surface area contributed by atoms with Crippen molar-refractivity contribution in [1.82, 2.24) is 5.32 Å². The topological polar surface area (TPSA) is 101 Å². The van der Waals surface area contributed by atoms with Crippen molar-refractivity contribution in [2.75, 3.05) is 49.6 Å².